The van der Waals surface area contributed by atoms with Crippen LogP contribution in [0.3, 0.4) is 0 Å². The van der Waals surface area contributed by atoms with E-state index in [0.29, 0.717) is 16.5 Å². The second-order valence-corrected chi connectivity index (χ2v) is 9.02. The van der Waals surface area contributed by atoms with E-state index >= 15 is 0 Å². The van der Waals surface area contributed by atoms with Crippen LogP contribution in [0.5, 0.6) is 5.75 Å². The summed E-state index contributed by atoms with van der Waals surface area (Å²) >= 11 is 5.89. The van der Waals surface area contributed by atoms with Gasteiger partial charge in [-0.1, -0.05) is 24.3 Å². The van der Waals surface area contributed by atoms with Crippen LogP contribution in [0.15, 0.2) is 85.1 Å². The first kappa shape index (κ1) is 23.6. The zero-order valence-corrected chi connectivity index (χ0v) is 21.1. The Bertz CT molecular complexity index is 1400. The van der Waals surface area contributed by atoms with Gasteiger partial charge in [0.2, 0.25) is 5.91 Å². The molecule has 1 saturated heterocycles. The Hall–Kier alpha value is -4.17. The molecule has 2 aromatic heterocycles. The molecule has 36 heavy (non-hydrogen) atoms. The smallest absolute Gasteiger partial charge is 0.221 e. The highest BCUT2D eigenvalue weighted by Crippen LogP contribution is 2.44. The summed E-state index contributed by atoms with van der Waals surface area (Å²) in [4.78, 5) is 18.6. The quantitative estimate of drug-likeness (QED) is 0.351. The van der Waals surface area contributed by atoms with Gasteiger partial charge in [0.1, 0.15) is 11.8 Å². The average Bonchev–Trinajstić information content (AvgIpc) is 3.44. The number of carbonyl (C=O) groups is 1. The van der Waals surface area contributed by atoms with Gasteiger partial charge in [0.05, 0.1) is 24.5 Å². The van der Waals surface area contributed by atoms with Crippen LogP contribution in [-0.4, -0.2) is 27.7 Å². The van der Waals surface area contributed by atoms with E-state index in [9.17, 15) is 4.79 Å². The standard InChI is InChI=1S/C28H27N5O2S/c1-18-12-14-24(32(18)20-9-5-4-6-10-20)27-26(22-11-7-8-16-29-22)31-28(36)33(27)21-13-15-25(35-3)23(17-21)30-19(2)34/h4-17,26-27H,1-3H3,(H,30,34)(H,31,36)/t26-,27+/m1/s1. The molecular weight excluding hydrogens is 470 g/mol. The van der Waals surface area contributed by atoms with Crippen LogP contribution in [-0.2, 0) is 4.79 Å². The topological polar surface area (TPSA) is 71.4 Å². The van der Waals surface area contributed by atoms with Gasteiger partial charge in [-0.25, -0.2) is 0 Å². The number of ether oxygens (including phenoxy) is 1. The molecule has 1 amide bonds. The van der Waals surface area contributed by atoms with Crippen molar-refractivity contribution in [2.75, 3.05) is 17.3 Å². The summed E-state index contributed by atoms with van der Waals surface area (Å²) in [5.41, 5.74) is 5.56. The molecule has 0 spiro atoms. The van der Waals surface area contributed by atoms with E-state index < -0.39 is 0 Å². The number of hydrogen-bond acceptors (Lipinski definition) is 4. The van der Waals surface area contributed by atoms with Crippen molar-refractivity contribution < 1.29 is 9.53 Å². The second kappa shape index (κ2) is 9.83. The van der Waals surface area contributed by atoms with Crippen LogP contribution < -0.4 is 20.3 Å². The summed E-state index contributed by atoms with van der Waals surface area (Å²) in [6, 6.07) is 25.7. The first-order valence-corrected chi connectivity index (χ1v) is 12.1. The molecule has 5 rings (SSSR count). The number of para-hydroxylation sites is 1. The first-order valence-electron chi connectivity index (χ1n) is 11.7. The minimum atomic E-state index is -0.208. The van der Waals surface area contributed by atoms with Crippen molar-refractivity contribution in [3.63, 3.8) is 0 Å². The van der Waals surface area contributed by atoms with Gasteiger partial charge in [-0.15, -0.1) is 0 Å². The van der Waals surface area contributed by atoms with Crippen LogP contribution >= 0.6 is 12.2 Å². The number of amides is 1. The molecule has 7 nitrogen and oxygen atoms in total. The lowest BCUT2D eigenvalue weighted by molar-refractivity contribution is -0.114. The Morgan fingerprint density at radius 3 is 2.50 bits per heavy atom. The Balaban J connectivity index is 1.69. The van der Waals surface area contributed by atoms with Crippen LogP contribution in [0.2, 0.25) is 0 Å². The third kappa shape index (κ3) is 4.31. The van der Waals surface area contributed by atoms with Crippen LogP contribution in [0, 0.1) is 6.92 Å². The number of thiocarbonyl (C=S) groups is 1. The molecule has 8 heteroatoms. The summed E-state index contributed by atoms with van der Waals surface area (Å²) in [6.07, 6.45) is 1.80. The van der Waals surface area contributed by atoms with Crippen LogP contribution in [0.1, 0.15) is 36.1 Å². The molecule has 0 radical (unpaired) electrons. The molecule has 0 bridgehead atoms. The number of methoxy groups -OCH3 is 1. The number of aromatic nitrogens is 2. The molecule has 1 fully saturated rings. The lowest BCUT2D eigenvalue weighted by Gasteiger charge is -2.30. The van der Waals surface area contributed by atoms with E-state index in [0.717, 1.165) is 28.5 Å². The van der Waals surface area contributed by atoms with E-state index in [-0.39, 0.29) is 18.0 Å². The number of nitrogens with zero attached hydrogens (tertiary/aromatic N) is 3. The lowest BCUT2D eigenvalue weighted by Crippen LogP contribution is -2.30. The molecule has 2 aromatic carbocycles. The molecule has 2 N–H and O–H groups in total. The van der Waals surface area contributed by atoms with E-state index in [2.05, 4.69) is 56.3 Å². The number of nitrogens with one attached hydrogen (secondary N) is 2. The van der Waals surface area contributed by atoms with Gasteiger partial charge in [0, 0.05) is 35.9 Å². The highest BCUT2D eigenvalue weighted by molar-refractivity contribution is 7.80. The fourth-order valence-corrected chi connectivity index (χ4v) is 5.13. The van der Waals surface area contributed by atoms with E-state index in [1.54, 1.807) is 13.3 Å². The van der Waals surface area contributed by atoms with Crippen molar-refractivity contribution >= 4 is 34.6 Å². The Morgan fingerprint density at radius 1 is 1.03 bits per heavy atom. The number of aryl methyl sites for hydroxylation is 1. The summed E-state index contributed by atoms with van der Waals surface area (Å²) in [5.74, 6) is 0.400. The summed E-state index contributed by atoms with van der Waals surface area (Å²) < 4.78 is 7.73. The minimum Gasteiger partial charge on any atom is -0.495 e. The third-order valence-electron chi connectivity index (χ3n) is 6.29. The van der Waals surface area contributed by atoms with Gasteiger partial charge >= 0.3 is 0 Å². The fraction of sp³-hybridized carbons (Fsp3) is 0.179. The number of benzene rings is 2. The molecule has 2 atom stereocenters. The molecule has 0 unspecified atom stereocenters. The molecule has 1 aliphatic rings. The maximum absolute atomic E-state index is 11.9. The van der Waals surface area contributed by atoms with Gasteiger partial charge < -0.3 is 24.8 Å². The Morgan fingerprint density at radius 2 is 1.81 bits per heavy atom. The maximum atomic E-state index is 11.9. The molecule has 3 heterocycles. The summed E-state index contributed by atoms with van der Waals surface area (Å²) in [5, 5.41) is 6.95. The molecule has 4 aromatic rings. The maximum Gasteiger partial charge on any atom is 0.221 e. The summed E-state index contributed by atoms with van der Waals surface area (Å²) in [6.45, 7) is 3.57. The average molecular weight is 498 g/mol. The molecule has 1 aliphatic heterocycles. The monoisotopic (exact) mass is 497 g/mol. The van der Waals surface area contributed by atoms with Crippen molar-refractivity contribution in [3.05, 3.63) is 102 Å². The zero-order valence-electron chi connectivity index (χ0n) is 20.3. The molecule has 0 saturated carbocycles. The van der Waals surface area contributed by atoms with Gasteiger partial charge in [0.15, 0.2) is 5.11 Å². The molecular formula is C28H27N5O2S. The van der Waals surface area contributed by atoms with Gasteiger partial charge in [0.25, 0.3) is 0 Å². The fourth-order valence-electron chi connectivity index (χ4n) is 4.79. The van der Waals surface area contributed by atoms with Crippen molar-refractivity contribution in [2.24, 2.45) is 0 Å². The van der Waals surface area contributed by atoms with Crippen molar-refractivity contribution in [2.45, 2.75) is 25.9 Å². The molecule has 0 aliphatic carbocycles. The number of rotatable bonds is 6. The van der Waals surface area contributed by atoms with Gasteiger partial charge in [-0.3, -0.25) is 9.78 Å². The highest BCUT2D eigenvalue weighted by atomic mass is 32.1. The lowest BCUT2D eigenvalue weighted by atomic mass is 10.0. The second-order valence-electron chi connectivity index (χ2n) is 8.63. The summed E-state index contributed by atoms with van der Waals surface area (Å²) in [7, 11) is 1.58. The van der Waals surface area contributed by atoms with Gasteiger partial charge in [-0.05, 0) is 73.7 Å². The van der Waals surface area contributed by atoms with Crippen LogP contribution in [0.4, 0.5) is 11.4 Å². The van der Waals surface area contributed by atoms with E-state index in [1.165, 1.54) is 6.92 Å². The van der Waals surface area contributed by atoms with Crippen molar-refractivity contribution in [3.8, 4) is 11.4 Å². The normalized spacial score (nSPS) is 17.1. The first-order chi connectivity index (χ1) is 17.5. The van der Waals surface area contributed by atoms with Crippen molar-refractivity contribution in [1.82, 2.24) is 14.9 Å². The number of pyridine rings is 1. The largest absolute Gasteiger partial charge is 0.495 e. The van der Waals surface area contributed by atoms with Gasteiger partial charge in [-0.2, -0.15) is 0 Å². The van der Waals surface area contributed by atoms with Crippen molar-refractivity contribution in [1.29, 1.82) is 0 Å². The molecule has 182 valence electrons. The predicted octanol–water partition coefficient (Wildman–Crippen LogP) is 5.32. The SMILES string of the molecule is COc1ccc(N2C(=S)N[C@H](c3ccccn3)[C@@H]2c2ccc(C)n2-c2ccccc2)cc1NC(C)=O. The Labute approximate surface area is 215 Å². The number of carbonyl (C=O) groups excluding carboxylic acids is 1. The zero-order chi connectivity index (χ0) is 25.2. The van der Waals surface area contributed by atoms with E-state index in [1.807, 2.05) is 54.6 Å². The minimum absolute atomic E-state index is 0.177. The Kier molecular flexibility index (Phi) is 6.43. The van der Waals surface area contributed by atoms with Crippen LogP contribution in [0.25, 0.3) is 5.69 Å². The highest BCUT2D eigenvalue weighted by Gasteiger charge is 2.42. The predicted molar refractivity (Wildman–Crippen MR) is 146 cm³/mol. The third-order valence-corrected chi connectivity index (χ3v) is 6.61. The van der Waals surface area contributed by atoms with E-state index in [4.69, 9.17) is 17.0 Å². The number of hydrogen-bond donors (Lipinski definition) is 2. The number of anilines is 2.